The van der Waals surface area contributed by atoms with Gasteiger partial charge in [-0.25, -0.2) is 9.37 Å². The molecule has 3 aromatic rings. The van der Waals surface area contributed by atoms with E-state index in [9.17, 15) is 9.18 Å². The fourth-order valence-electron chi connectivity index (χ4n) is 2.15. The van der Waals surface area contributed by atoms with Crippen LogP contribution in [0.15, 0.2) is 35.1 Å². The Balaban J connectivity index is 2.18. The van der Waals surface area contributed by atoms with Crippen LogP contribution in [-0.2, 0) is 0 Å². The Labute approximate surface area is 137 Å². The summed E-state index contributed by atoms with van der Waals surface area (Å²) < 4.78 is 14.9. The third-order valence-electron chi connectivity index (χ3n) is 3.14. The molecular weight excluding hydrogens is 377 g/mol. The Morgan fingerprint density at radius 1 is 1.36 bits per heavy atom. The lowest BCUT2D eigenvalue weighted by Crippen LogP contribution is -2.06. The molecule has 0 saturated heterocycles. The summed E-state index contributed by atoms with van der Waals surface area (Å²) in [6.07, 6.45) is 3.04. The molecule has 0 aliphatic heterocycles. The number of nitrogens with zero attached hydrogens (tertiary/aromatic N) is 1. The van der Waals surface area contributed by atoms with Gasteiger partial charge in [0.2, 0.25) is 0 Å². The Kier molecular flexibility index (Phi) is 3.86. The van der Waals surface area contributed by atoms with Crippen molar-refractivity contribution in [2.24, 2.45) is 0 Å². The Hall–Kier alpha value is -1.96. The summed E-state index contributed by atoms with van der Waals surface area (Å²) in [6.45, 7) is 0. The predicted molar refractivity (Wildman–Crippen MR) is 84.0 cm³/mol. The quantitative estimate of drug-likeness (QED) is 0.468. The average molecular weight is 385 g/mol. The third-order valence-corrected chi connectivity index (χ3v) is 3.80. The molecule has 0 unspecified atom stereocenters. The lowest BCUT2D eigenvalue weighted by Gasteiger charge is -2.07. The number of ketones is 1. The minimum absolute atomic E-state index is 0.125. The summed E-state index contributed by atoms with van der Waals surface area (Å²) in [5.41, 5.74) is 1.94. The molecule has 0 aliphatic rings. The number of fused-ring (bicyclic) bond motifs is 1. The first-order chi connectivity index (χ1) is 10.5. The van der Waals surface area contributed by atoms with Crippen LogP contribution in [0.25, 0.3) is 11.0 Å². The highest BCUT2D eigenvalue weighted by Gasteiger charge is 2.21. The van der Waals surface area contributed by atoms with Gasteiger partial charge in [0.25, 0.3) is 0 Å². The zero-order chi connectivity index (χ0) is 15.9. The van der Waals surface area contributed by atoms with E-state index < -0.39 is 11.6 Å². The molecule has 0 saturated carbocycles. The van der Waals surface area contributed by atoms with Crippen LogP contribution in [0.4, 0.5) is 10.1 Å². The van der Waals surface area contributed by atoms with Gasteiger partial charge < -0.3 is 4.98 Å². The van der Waals surface area contributed by atoms with Gasteiger partial charge in [-0.2, -0.15) is 0 Å². The first-order valence-electron chi connectivity index (χ1n) is 6.07. The summed E-state index contributed by atoms with van der Waals surface area (Å²) in [5, 5.41) is 9.58. The monoisotopic (exact) mass is 383 g/mol. The van der Waals surface area contributed by atoms with Gasteiger partial charge in [-0.3, -0.25) is 15.5 Å². The normalized spacial score (nSPS) is 10.9. The van der Waals surface area contributed by atoms with Crippen molar-refractivity contribution in [3.05, 3.63) is 57.0 Å². The van der Waals surface area contributed by atoms with Crippen molar-refractivity contribution >= 4 is 50.0 Å². The number of carbonyl (C=O) groups is 1. The Morgan fingerprint density at radius 2 is 2.14 bits per heavy atom. The topological polar surface area (TPSA) is 78.0 Å². The second kappa shape index (κ2) is 5.68. The molecule has 1 aromatic carbocycles. The lowest BCUT2D eigenvalue weighted by atomic mass is 10.0. The smallest absolute Gasteiger partial charge is 0.198 e. The van der Waals surface area contributed by atoms with E-state index in [4.69, 9.17) is 16.8 Å². The highest BCUT2D eigenvalue weighted by molar-refractivity contribution is 9.10. The number of aromatic nitrogens is 2. The van der Waals surface area contributed by atoms with E-state index in [0.29, 0.717) is 15.5 Å². The minimum Gasteiger partial charge on any atom is -0.345 e. The summed E-state index contributed by atoms with van der Waals surface area (Å²) in [5.74, 6) is -1.45. The standard InChI is InChI=1S/C14H8BrClFN3O2/c15-6-1-8-10(5-19-14(8)18-4-6)13(21)9-2-7(16)3-11(20-22)12(9)17/h1-5,20,22H,(H,18,19). The van der Waals surface area contributed by atoms with Crippen LogP contribution in [0.3, 0.4) is 0 Å². The lowest BCUT2D eigenvalue weighted by molar-refractivity contribution is 0.103. The Bertz CT molecular complexity index is 897. The molecule has 3 rings (SSSR count). The molecule has 0 spiro atoms. The highest BCUT2D eigenvalue weighted by Crippen LogP contribution is 2.28. The number of aromatic amines is 1. The zero-order valence-electron chi connectivity index (χ0n) is 10.8. The number of anilines is 1. The Morgan fingerprint density at radius 3 is 2.86 bits per heavy atom. The zero-order valence-corrected chi connectivity index (χ0v) is 13.2. The second-order valence-corrected chi connectivity index (χ2v) is 5.86. The maximum absolute atomic E-state index is 14.2. The third kappa shape index (κ3) is 2.47. The van der Waals surface area contributed by atoms with E-state index in [2.05, 4.69) is 25.9 Å². The maximum Gasteiger partial charge on any atom is 0.198 e. The largest absolute Gasteiger partial charge is 0.345 e. The van der Waals surface area contributed by atoms with Crippen LogP contribution < -0.4 is 5.48 Å². The summed E-state index contributed by atoms with van der Waals surface area (Å²) >= 11 is 9.13. The van der Waals surface area contributed by atoms with E-state index >= 15 is 0 Å². The van der Waals surface area contributed by atoms with Crippen molar-refractivity contribution in [2.75, 3.05) is 5.48 Å². The highest BCUT2D eigenvalue weighted by atomic mass is 79.9. The number of hydrogen-bond acceptors (Lipinski definition) is 4. The minimum atomic E-state index is -0.880. The molecule has 0 bridgehead atoms. The van der Waals surface area contributed by atoms with Gasteiger partial charge in [-0.15, -0.1) is 0 Å². The van der Waals surface area contributed by atoms with Gasteiger partial charge in [0.05, 0.1) is 11.3 Å². The van der Waals surface area contributed by atoms with Gasteiger partial charge in [0, 0.05) is 32.8 Å². The van der Waals surface area contributed by atoms with Crippen molar-refractivity contribution in [3.63, 3.8) is 0 Å². The maximum atomic E-state index is 14.2. The van der Waals surface area contributed by atoms with Crippen molar-refractivity contribution in [3.8, 4) is 0 Å². The molecule has 3 N–H and O–H groups in total. The summed E-state index contributed by atoms with van der Waals surface area (Å²) in [4.78, 5) is 19.6. The van der Waals surface area contributed by atoms with Crippen LogP contribution in [0.5, 0.6) is 0 Å². The molecule has 0 fully saturated rings. The van der Waals surface area contributed by atoms with E-state index in [1.807, 2.05) is 0 Å². The number of rotatable bonds is 3. The molecule has 8 heteroatoms. The number of pyridine rings is 1. The molecule has 112 valence electrons. The molecule has 0 amide bonds. The molecule has 22 heavy (non-hydrogen) atoms. The number of nitrogens with one attached hydrogen (secondary N) is 2. The van der Waals surface area contributed by atoms with Crippen LogP contribution in [-0.4, -0.2) is 21.0 Å². The number of carbonyl (C=O) groups excluding carboxylic acids is 1. The molecule has 0 aliphatic carbocycles. The number of H-pyrrole nitrogens is 1. The van der Waals surface area contributed by atoms with Crippen LogP contribution >= 0.6 is 27.5 Å². The first kappa shape index (κ1) is 15.0. The van der Waals surface area contributed by atoms with Crippen LogP contribution in [0.1, 0.15) is 15.9 Å². The predicted octanol–water partition coefficient (Wildman–Crippen LogP) is 4.15. The first-order valence-corrected chi connectivity index (χ1v) is 7.25. The van der Waals surface area contributed by atoms with E-state index in [1.54, 1.807) is 17.7 Å². The summed E-state index contributed by atoms with van der Waals surface area (Å²) in [7, 11) is 0. The SMILES string of the molecule is O=C(c1cc(Cl)cc(NO)c1F)c1c[nH]c2ncc(Br)cc12. The fourth-order valence-corrected chi connectivity index (χ4v) is 2.70. The average Bonchev–Trinajstić information content (AvgIpc) is 2.91. The number of benzene rings is 1. The van der Waals surface area contributed by atoms with Crippen LogP contribution in [0.2, 0.25) is 5.02 Å². The molecule has 2 heterocycles. The van der Waals surface area contributed by atoms with Crippen LogP contribution in [0, 0.1) is 5.82 Å². The molecule has 0 radical (unpaired) electrons. The van der Waals surface area contributed by atoms with Crippen molar-refractivity contribution in [2.45, 2.75) is 0 Å². The van der Waals surface area contributed by atoms with E-state index in [0.717, 1.165) is 0 Å². The van der Waals surface area contributed by atoms with E-state index in [1.165, 1.54) is 18.3 Å². The number of hydrogen-bond donors (Lipinski definition) is 3. The van der Waals surface area contributed by atoms with Crippen molar-refractivity contribution in [1.29, 1.82) is 0 Å². The van der Waals surface area contributed by atoms with Crippen molar-refractivity contribution in [1.82, 2.24) is 9.97 Å². The van der Waals surface area contributed by atoms with E-state index in [-0.39, 0.29) is 21.8 Å². The second-order valence-electron chi connectivity index (χ2n) is 4.51. The van der Waals surface area contributed by atoms with Gasteiger partial charge >= 0.3 is 0 Å². The fraction of sp³-hybridized carbons (Fsp3) is 0. The van der Waals surface area contributed by atoms with Gasteiger partial charge in [-0.1, -0.05) is 11.6 Å². The molecule has 0 atom stereocenters. The molecular formula is C14H8BrClFN3O2. The molecule has 2 aromatic heterocycles. The van der Waals surface area contributed by atoms with Gasteiger partial charge in [0.1, 0.15) is 5.65 Å². The summed E-state index contributed by atoms with van der Waals surface area (Å²) in [6, 6.07) is 4.10. The van der Waals surface area contributed by atoms with Gasteiger partial charge in [-0.05, 0) is 34.1 Å². The molecule has 5 nitrogen and oxygen atoms in total. The van der Waals surface area contributed by atoms with Crippen molar-refractivity contribution < 1.29 is 14.4 Å². The number of halogens is 3. The van der Waals surface area contributed by atoms with Gasteiger partial charge in [0.15, 0.2) is 11.6 Å².